The number of hydrogen-bond donors (Lipinski definition) is 2. The summed E-state index contributed by atoms with van der Waals surface area (Å²) in [4.78, 5) is 25.6. The van der Waals surface area contributed by atoms with E-state index in [1.807, 2.05) is 20.8 Å². The largest absolute Gasteiger partial charge is 0.493 e. The third-order valence-electron chi connectivity index (χ3n) is 4.51. The monoisotopic (exact) mass is 309 g/mol. The molecule has 124 valence electrons. The zero-order valence-corrected chi connectivity index (χ0v) is 14.2. The summed E-state index contributed by atoms with van der Waals surface area (Å²) >= 11 is 0. The molecule has 1 aliphatic carbocycles. The summed E-state index contributed by atoms with van der Waals surface area (Å²) in [7, 11) is 1.47. The van der Waals surface area contributed by atoms with Crippen LogP contribution in [0.25, 0.3) is 0 Å². The van der Waals surface area contributed by atoms with Crippen LogP contribution in [-0.4, -0.2) is 36.9 Å². The number of ketones is 2. The molecule has 0 aromatic carbocycles. The molecule has 5 heteroatoms. The minimum absolute atomic E-state index is 0.0263. The van der Waals surface area contributed by atoms with Crippen molar-refractivity contribution in [2.45, 2.75) is 40.5 Å². The van der Waals surface area contributed by atoms with Gasteiger partial charge in [-0.05, 0) is 25.7 Å². The molecule has 0 aromatic rings. The summed E-state index contributed by atoms with van der Waals surface area (Å²) in [5.74, 6) is -0.0968. The molecule has 2 atom stereocenters. The van der Waals surface area contributed by atoms with Crippen LogP contribution in [0, 0.1) is 11.3 Å². The van der Waals surface area contributed by atoms with Gasteiger partial charge in [-0.3, -0.25) is 9.59 Å². The maximum Gasteiger partial charge on any atom is 0.211 e. The third-order valence-corrected chi connectivity index (χ3v) is 4.51. The number of aliphatic hydroxyl groups is 1. The van der Waals surface area contributed by atoms with E-state index in [0.717, 1.165) is 6.42 Å². The van der Waals surface area contributed by atoms with Crippen molar-refractivity contribution in [1.29, 1.82) is 0 Å². The first-order chi connectivity index (χ1) is 10.4. The number of allylic oxidation sites excluding steroid dienone is 3. The van der Waals surface area contributed by atoms with Crippen LogP contribution in [0.5, 0.6) is 0 Å². The van der Waals surface area contributed by atoms with Crippen molar-refractivity contribution in [3.63, 3.8) is 0 Å². The number of Topliss-reactive ketones (excluding diaryl/α,β-unsaturated/α-hetero) is 2. The molecule has 22 heavy (non-hydrogen) atoms. The average Bonchev–Trinajstić information content (AvgIpc) is 2.53. The molecule has 0 heterocycles. The highest BCUT2D eigenvalue weighted by Gasteiger charge is 2.49. The lowest BCUT2D eigenvalue weighted by Crippen LogP contribution is -2.44. The number of hydrogen-bond acceptors (Lipinski definition) is 5. The SMILES string of the molecule is CC[C@H](C)C1=C(OC)C(=O)[C@@](C)(CC)C(=O)C1=CNCCO. The molecule has 0 amide bonds. The van der Waals surface area contributed by atoms with E-state index in [4.69, 9.17) is 9.84 Å². The van der Waals surface area contributed by atoms with E-state index in [1.165, 1.54) is 7.11 Å². The van der Waals surface area contributed by atoms with Gasteiger partial charge in [0.1, 0.15) is 0 Å². The lowest BCUT2D eigenvalue weighted by atomic mass is 9.67. The molecule has 0 spiro atoms. The van der Waals surface area contributed by atoms with Gasteiger partial charge in [0.2, 0.25) is 5.78 Å². The van der Waals surface area contributed by atoms with Gasteiger partial charge in [0.25, 0.3) is 0 Å². The second kappa shape index (κ2) is 7.58. The Kier molecular flexibility index (Phi) is 6.35. The number of carbonyl (C=O) groups excluding carboxylic acids is 2. The van der Waals surface area contributed by atoms with Gasteiger partial charge in [-0.25, -0.2) is 0 Å². The van der Waals surface area contributed by atoms with Crippen LogP contribution in [0.1, 0.15) is 40.5 Å². The number of methoxy groups -OCH3 is 1. The number of nitrogens with one attached hydrogen (secondary N) is 1. The molecule has 0 aliphatic heterocycles. The Morgan fingerprint density at radius 3 is 2.41 bits per heavy atom. The predicted octanol–water partition coefficient (Wildman–Crippen LogP) is 1.97. The van der Waals surface area contributed by atoms with Crippen LogP contribution < -0.4 is 5.32 Å². The maximum atomic E-state index is 12.9. The van der Waals surface area contributed by atoms with Gasteiger partial charge in [-0.2, -0.15) is 0 Å². The molecular formula is C17H27NO4. The van der Waals surface area contributed by atoms with Crippen LogP contribution in [-0.2, 0) is 14.3 Å². The van der Waals surface area contributed by atoms with Crippen molar-refractivity contribution in [2.24, 2.45) is 11.3 Å². The molecule has 2 N–H and O–H groups in total. The molecule has 0 fully saturated rings. The van der Waals surface area contributed by atoms with Crippen molar-refractivity contribution < 1.29 is 19.4 Å². The van der Waals surface area contributed by atoms with E-state index in [9.17, 15) is 9.59 Å². The topological polar surface area (TPSA) is 75.6 Å². The highest BCUT2D eigenvalue weighted by molar-refractivity contribution is 6.24. The summed E-state index contributed by atoms with van der Waals surface area (Å²) < 4.78 is 5.38. The summed E-state index contributed by atoms with van der Waals surface area (Å²) in [5, 5.41) is 11.8. The van der Waals surface area contributed by atoms with Gasteiger partial charge < -0.3 is 15.2 Å². The Bertz CT molecular complexity index is 507. The van der Waals surface area contributed by atoms with E-state index in [0.29, 0.717) is 24.1 Å². The van der Waals surface area contributed by atoms with Crippen molar-refractivity contribution in [3.05, 3.63) is 23.1 Å². The fourth-order valence-electron chi connectivity index (χ4n) is 2.62. The lowest BCUT2D eigenvalue weighted by Gasteiger charge is -2.35. The Balaban J connectivity index is 3.52. The lowest BCUT2D eigenvalue weighted by molar-refractivity contribution is -0.138. The zero-order valence-electron chi connectivity index (χ0n) is 14.2. The molecule has 1 rings (SSSR count). The Morgan fingerprint density at radius 1 is 1.32 bits per heavy atom. The molecule has 0 saturated heterocycles. The van der Waals surface area contributed by atoms with Crippen molar-refractivity contribution in [3.8, 4) is 0 Å². The van der Waals surface area contributed by atoms with Gasteiger partial charge in [-0.15, -0.1) is 0 Å². The number of ether oxygens (including phenoxy) is 1. The summed E-state index contributed by atoms with van der Waals surface area (Å²) in [6.45, 7) is 7.81. The molecule has 0 unspecified atom stereocenters. The Hall–Kier alpha value is -1.62. The second-order valence-electron chi connectivity index (χ2n) is 5.84. The average molecular weight is 309 g/mol. The molecule has 5 nitrogen and oxygen atoms in total. The molecular weight excluding hydrogens is 282 g/mol. The second-order valence-corrected chi connectivity index (χ2v) is 5.84. The summed E-state index contributed by atoms with van der Waals surface area (Å²) in [6, 6.07) is 0. The van der Waals surface area contributed by atoms with E-state index in [1.54, 1.807) is 13.1 Å². The van der Waals surface area contributed by atoms with Crippen molar-refractivity contribution >= 4 is 11.6 Å². The smallest absolute Gasteiger partial charge is 0.211 e. The van der Waals surface area contributed by atoms with Gasteiger partial charge in [0, 0.05) is 23.9 Å². The molecule has 0 aromatic heterocycles. The van der Waals surface area contributed by atoms with Crippen LogP contribution in [0.3, 0.4) is 0 Å². The highest BCUT2D eigenvalue weighted by Crippen LogP contribution is 2.42. The van der Waals surface area contributed by atoms with E-state index >= 15 is 0 Å². The van der Waals surface area contributed by atoms with Crippen molar-refractivity contribution in [2.75, 3.05) is 20.3 Å². The van der Waals surface area contributed by atoms with Crippen LogP contribution >= 0.6 is 0 Å². The van der Waals surface area contributed by atoms with Gasteiger partial charge in [-0.1, -0.05) is 20.8 Å². The Morgan fingerprint density at radius 2 is 1.95 bits per heavy atom. The fraction of sp³-hybridized carbons (Fsp3) is 0.647. The molecule has 0 radical (unpaired) electrons. The number of aliphatic hydroxyl groups excluding tert-OH is 1. The van der Waals surface area contributed by atoms with Crippen molar-refractivity contribution in [1.82, 2.24) is 5.32 Å². The van der Waals surface area contributed by atoms with E-state index < -0.39 is 5.41 Å². The first-order valence-electron chi connectivity index (χ1n) is 7.81. The minimum Gasteiger partial charge on any atom is -0.493 e. The quantitative estimate of drug-likeness (QED) is 0.427. The van der Waals surface area contributed by atoms with E-state index in [-0.39, 0.29) is 29.9 Å². The minimum atomic E-state index is -1.09. The third kappa shape index (κ3) is 3.09. The molecule has 1 aliphatic rings. The van der Waals surface area contributed by atoms with Gasteiger partial charge in [0.05, 0.1) is 19.1 Å². The molecule has 0 saturated carbocycles. The predicted molar refractivity (Wildman–Crippen MR) is 85.1 cm³/mol. The van der Waals surface area contributed by atoms with Gasteiger partial charge >= 0.3 is 0 Å². The van der Waals surface area contributed by atoms with Crippen LogP contribution in [0.4, 0.5) is 0 Å². The fourth-order valence-corrected chi connectivity index (χ4v) is 2.62. The normalized spacial score (nSPS) is 25.6. The maximum absolute atomic E-state index is 12.9. The first kappa shape index (κ1) is 18.4. The number of rotatable bonds is 7. The zero-order chi connectivity index (χ0) is 16.9. The standard InChI is InChI=1S/C17H27NO4/c1-6-11(3)13-12(10-18-8-9-19)15(20)17(4,7-2)16(21)14(13)22-5/h10-11,18-19H,6-9H2,1-5H3/t11-,17-/m0/s1. The van der Waals surface area contributed by atoms with E-state index in [2.05, 4.69) is 5.32 Å². The molecule has 0 bridgehead atoms. The van der Waals surface area contributed by atoms with Gasteiger partial charge in [0.15, 0.2) is 11.5 Å². The Labute approximate surface area is 132 Å². The summed E-state index contributed by atoms with van der Waals surface area (Å²) in [6.07, 6.45) is 2.82. The summed E-state index contributed by atoms with van der Waals surface area (Å²) in [5.41, 5.74) is 0.0645. The highest BCUT2D eigenvalue weighted by atomic mass is 16.5. The van der Waals surface area contributed by atoms with Crippen LogP contribution in [0.15, 0.2) is 23.1 Å². The van der Waals surface area contributed by atoms with Crippen LogP contribution in [0.2, 0.25) is 0 Å². The first-order valence-corrected chi connectivity index (χ1v) is 7.81. The number of carbonyl (C=O) groups is 2.